The third-order valence-electron chi connectivity index (χ3n) is 9.70. The monoisotopic (exact) mass is 956 g/mol. The Bertz CT molecular complexity index is 1770. The average molecular weight is 957 g/mol. The fourth-order valence-electron chi connectivity index (χ4n) is 5.84. The fourth-order valence-corrected chi connectivity index (χ4v) is 5.84. The number of aromatic carboxylic acids is 1. The van der Waals surface area contributed by atoms with Gasteiger partial charge in [-0.25, -0.2) is 9.59 Å². The van der Waals surface area contributed by atoms with E-state index >= 15 is 0 Å². The first-order chi connectivity index (χ1) is 32.0. The Kier molecular flexibility index (Phi) is 29.1. The Balaban J connectivity index is 2.52. The standard InChI is InChI=1S/C41H62N7O19/c49-17-25(18-50)42-35(58)29(20-52)45-37(60)31(22-54)47-39(62)32(23-55)48-38(61)30(21-53)46-36(59)28(19-51)44-34(57)15-14-27(41(65)66)43-33(56)9-7-5-3-1-2-4-6-8-16-67-26-12-10-24(11-13-26)40(63)64/h10-13,25,27-32,49,51-55H,1-9,14-17,19-23H2,(H,42,58)(H,43,56)(H,44,57)(H,45,60)(H,46,59)(H,47,62)(H,48,61)(H,63,64)(H,65,66)/t25-,27-,28-,29-,30-,31-,32-/m0/s1. The highest BCUT2D eigenvalue weighted by Gasteiger charge is 2.32. The number of carboxylic acid groups (broad SMARTS) is 2. The maximum Gasteiger partial charge on any atom is 0.335 e. The third kappa shape index (κ3) is 23.1. The number of unbranched alkanes of at least 4 members (excludes halogenated alkanes) is 7. The van der Waals surface area contributed by atoms with Crippen LogP contribution in [0.2, 0.25) is 0 Å². The smallest absolute Gasteiger partial charge is 0.335 e. The Morgan fingerprint density at radius 2 is 0.836 bits per heavy atom. The van der Waals surface area contributed by atoms with E-state index in [0.717, 1.165) is 44.9 Å². The van der Waals surface area contributed by atoms with Crippen LogP contribution >= 0.6 is 0 Å². The van der Waals surface area contributed by atoms with Gasteiger partial charge in [0.1, 0.15) is 48.0 Å². The summed E-state index contributed by atoms with van der Waals surface area (Å²) in [6, 6.07) is -5.86. The van der Waals surface area contributed by atoms with Gasteiger partial charge in [0.05, 0.1) is 51.8 Å². The number of aliphatic hydroxyl groups is 6. The molecule has 1 aromatic carbocycles. The second-order valence-electron chi connectivity index (χ2n) is 14.9. The SMILES string of the molecule is O=[C][C@H](CO)NC(=O)[C@H](CO)NC(=O)[C@H](CO)NC(=O)[C@H](CO)NC(=O)[C@H](CO)NC(=O)[C@H](CO)NC(=O)CC[C@H](NC(=O)CCCCCCCCCCOc1ccc(C(=O)O)cc1)C(=O)O. The molecule has 0 bridgehead atoms. The van der Waals surface area contributed by atoms with Crippen LogP contribution in [-0.4, -0.2) is 189 Å². The van der Waals surface area contributed by atoms with E-state index in [1.807, 2.05) is 26.6 Å². The summed E-state index contributed by atoms with van der Waals surface area (Å²) in [5, 5.41) is 90.4. The summed E-state index contributed by atoms with van der Waals surface area (Å²) in [7, 11) is 0. The van der Waals surface area contributed by atoms with E-state index in [2.05, 4.69) is 10.6 Å². The lowest BCUT2D eigenvalue weighted by Gasteiger charge is -2.25. The van der Waals surface area contributed by atoms with Gasteiger partial charge in [0.15, 0.2) is 0 Å². The summed E-state index contributed by atoms with van der Waals surface area (Å²) >= 11 is 0. The van der Waals surface area contributed by atoms with Gasteiger partial charge >= 0.3 is 11.9 Å². The summed E-state index contributed by atoms with van der Waals surface area (Å²) in [5.41, 5.74) is 0.181. The molecule has 1 radical (unpaired) electrons. The molecular weight excluding hydrogens is 894 g/mol. The van der Waals surface area contributed by atoms with Crippen LogP contribution in [0.3, 0.4) is 0 Å². The summed E-state index contributed by atoms with van der Waals surface area (Å²) < 4.78 is 5.62. The summed E-state index contributed by atoms with van der Waals surface area (Å²) in [4.78, 5) is 122. The van der Waals surface area contributed by atoms with Crippen LogP contribution in [0.25, 0.3) is 0 Å². The van der Waals surface area contributed by atoms with E-state index in [4.69, 9.17) is 14.9 Å². The van der Waals surface area contributed by atoms with Crippen molar-refractivity contribution in [3.63, 3.8) is 0 Å². The van der Waals surface area contributed by atoms with Gasteiger partial charge in [0.25, 0.3) is 0 Å². The van der Waals surface area contributed by atoms with Crippen molar-refractivity contribution in [1.29, 1.82) is 0 Å². The number of carbonyl (C=O) groups is 9. The first-order valence-corrected chi connectivity index (χ1v) is 21.3. The molecule has 375 valence electrons. The van der Waals surface area contributed by atoms with Crippen LogP contribution in [0.15, 0.2) is 24.3 Å². The minimum Gasteiger partial charge on any atom is -0.494 e. The summed E-state index contributed by atoms with van der Waals surface area (Å²) in [5.74, 6) is -9.52. The van der Waals surface area contributed by atoms with Crippen LogP contribution in [0.4, 0.5) is 0 Å². The number of carboxylic acids is 2. The largest absolute Gasteiger partial charge is 0.494 e. The van der Waals surface area contributed by atoms with Crippen molar-refractivity contribution in [3.05, 3.63) is 29.8 Å². The molecule has 0 fully saturated rings. The first kappa shape index (κ1) is 58.7. The fraction of sp³-hybridized carbons (Fsp3) is 0.610. The van der Waals surface area contributed by atoms with Crippen molar-refractivity contribution < 1.29 is 93.5 Å². The predicted octanol–water partition coefficient (Wildman–Crippen LogP) is -5.40. The van der Waals surface area contributed by atoms with Gasteiger partial charge in [-0.1, -0.05) is 38.5 Å². The Morgan fingerprint density at radius 3 is 1.22 bits per heavy atom. The highest BCUT2D eigenvalue weighted by atomic mass is 16.5. The number of hydrogen-bond donors (Lipinski definition) is 15. The molecule has 0 saturated heterocycles. The lowest BCUT2D eigenvalue weighted by atomic mass is 10.1. The van der Waals surface area contributed by atoms with Crippen LogP contribution in [-0.2, 0) is 43.2 Å². The first-order valence-electron chi connectivity index (χ1n) is 21.3. The number of nitrogens with one attached hydrogen (secondary N) is 7. The van der Waals surface area contributed by atoms with E-state index in [-0.39, 0.29) is 12.0 Å². The molecule has 0 spiro atoms. The lowest BCUT2D eigenvalue weighted by molar-refractivity contribution is -0.142. The van der Waals surface area contributed by atoms with Gasteiger partial charge in [-0.2, -0.15) is 0 Å². The molecule has 0 aliphatic rings. The number of ether oxygens (including phenoxy) is 1. The van der Waals surface area contributed by atoms with Gasteiger partial charge in [-0.3, -0.25) is 38.4 Å². The molecule has 15 N–H and O–H groups in total. The zero-order chi connectivity index (χ0) is 50.3. The zero-order valence-electron chi connectivity index (χ0n) is 36.6. The van der Waals surface area contributed by atoms with E-state index in [9.17, 15) is 78.6 Å². The Labute approximate surface area is 384 Å². The molecule has 0 heterocycles. The minimum atomic E-state index is -1.89. The van der Waals surface area contributed by atoms with Gasteiger partial charge < -0.3 is 82.8 Å². The molecule has 0 aromatic heterocycles. The van der Waals surface area contributed by atoms with E-state index in [1.165, 1.54) is 18.4 Å². The molecule has 7 amide bonds. The molecular formula is C41H62N7O19. The van der Waals surface area contributed by atoms with Gasteiger partial charge in [-0.15, -0.1) is 0 Å². The topological polar surface area (TPSA) is 426 Å². The van der Waals surface area contributed by atoms with Crippen molar-refractivity contribution >= 4 is 59.6 Å². The van der Waals surface area contributed by atoms with Gasteiger partial charge in [0, 0.05) is 12.8 Å². The van der Waals surface area contributed by atoms with E-state index in [0.29, 0.717) is 18.8 Å². The molecule has 1 rings (SSSR count). The molecule has 0 aliphatic heterocycles. The second kappa shape index (κ2) is 33.2. The maximum atomic E-state index is 12.9. The lowest BCUT2D eigenvalue weighted by Crippen LogP contribution is -2.61. The number of aliphatic carboxylic acids is 1. The highest BCUT2D eigenvalue weighted by molar-refractivity contribution is 5.97. The third-order valence-corrected chi connectivity index (χ3v) is 9.70. The molecule has 26 heteroatoms. The number of hydrogen-bond acceptors (Lipinski definition) is 17. The van der Waals surface area contributed by atoms with E-state index < -0.39 is 148 Å². The quantitative estimate of drug-likeness (QED) is 0.0279. The molecule has 0 saturated carbocycles. The Morgan fingerprint density at radius 1 is 0.463 bits per heavy atom. The van der Waals surface area contributed by atoms with Crippen molar-refractivity contribution in [2.75, 3.05) is 46.2 Å². The van der Waals surface area contributed by atoms with Crippen molar-refractivity contribution in [1.82, 2.24) is 37.2 Å². The maximum absolute atomic E-state index is 12.9. The van der Waals surface area contributed by atoms with Crippen LogP contribution in [0.1, 0.15) is 81.0 Å². The zero-order valence-corrected chi connectivity index (χ0v) is 36.6. The summed E-state index contributed by atoms with van der Waals surface area (Å²) in [6.07, 6.45) is 7.16. The molecule has 67 heavy (non-hydrogen) atoms. The minimum absolute atomic E-state index is 0.0437. The van der Waals surface area contributed by atoms with E-state index in [1.54, 1.807) is 12.1 Å². The van der Waals surface area contributed by atoms with Crippen LogP contribution < -0.4 is 42.0 Å². The number of aliphatic hydroxyl groups excluding tert-OH is 6. The number of amides is 7. The van der Waals surface area contributed by atoms with Crippen LogP contribution in [0, 0.1) is 0 Å². The molecule has 26 nitrogen and oxygen atoms in total. The molecule has 7 atom stereocenters. The van der Waals surface area contributed by atoms with Gasteiger partial charge in [0.2, 0.25) is 47.6 Å². The number of rotatable bonds is 36. The second-order valence-corrected chi connectivity index (χ2v) is 14.9. The Hall–Kier alpha value is -6.32. The van der Waals surface area contributed by atoms with Crippen molar-refractivity contribution in [2.45, 2.75) is 113 Å². The normalized spacial score (nSPS) is 14.0. The highest BCUT2D eigenvalue weighted by Crippen LogP contribution is 2.14. The molecule has 0 unspecified atom stereocenters. The average Bonchev–Trinajstić information content (AvgIpc) is 3.31. The van der Waals surface area contributed by atoms with Crippen LogP contribution in [0.5, 0.6) is 5.75 Å². The molecule has 0 aliphatic carbocycles. The summed E-state index contributed by atoms with van der Waals surface area (Å²) in [6.45, 7) is -5.79. The van der Waals surface area contributed by atoms with Crippen molar-refractivity contribution in [2.24, 2.45) is 0 Å². The van der Waals surface area contributed by atoms with Gasteiger partial charge in [-0.05, 0) is 43.5 Å². The number of carbonyl (C=O) groups excluding carboxylic acids is 8. The van der Waals surface area contributed by atoms with Crippen molar-refractivity contribution in [3.8, 4) is 5.75 Å². The predicted molar refractivity (Wildman–Crippen MR) is 229 cm³/mol. The molecule has 1 aromatic rings. The number of benzene rings is 1.